The summed E-state index contributed by atoms with van der Waals surface area (Å²) < 4.78 is 15.8. The van der Waals surface area contributed by atoms with Gasteiger partial charge in [-0.25, -0.2) is 0 Å². The van der Waals surface area contributed by atoms with Gasteiger partial charge in [-0.05, 0) is 37.6 Å². The second kappa shape index (κ2) is 8.19. The predicted molar refractivity (Wildman–Crippen MR) is 83.1 cm³/mol. The molecule has 1 aromatic rings. The minimum atomic E-state index is -0.0197. The monoisotopic (exact) mass is 293 g/mol. The summed E-state index contributed by atoms with van der Waals surface area (Å²) in [5.74, 6) is 1.64. The standard InChI is InChI=1S/C16H23NO4/c1-6-17(7-2)15(18)9-8-12-10-13(19-3)16(21-5)14(11-12)20-4/h8-11H,6-7H2,1-5H3. The van der Waals surface area contributed by atoms with E-state index in [9.17, 15) is 4.79 Å². The maximum atomic E-state index is 12.0. The number of carbonyl (C=O) groups excluding carboxylic acids is 1. The van der Waals surface area contributed by atoms with E-state index >= 15 is 0 Å². The number of rotatable bonds is 7. The molecular formula is C16H23NO4. The number of benzene rings is 1. The highest BCUT2D eigenvalue weighted by Crippen LogP contribution is 2.38. The fourth-order valence-corrected chi connectivity index (χ4v) is 2.01. The van der Waals surface area contributed by atoms with Crippen LogP contribution in [0.5, 0.6) is 17.2 Å². The molecule has 0 saturated heterocycles. The number of methoxy groups -OCH3 is 3. The lowest BCUT2D eigenvalue weighted by Gasteiger charge is -2.16. The molecule has 0 saturated carbocycles. The van der Waals surface area contributed by atoms with Crippen molar-refractivity contribution in [2.24, 2.45) is 0 Å². The third kappa shape index (κ3) is 4.15. The third-order valence-electron chi connectivity index (χ3n) is 3.18. The number of hydrogen-bond donors (Lipinski definition) is 0. The van der Waals surface area contributed by atoms with Crippen LogP contribution in [0.3, 0.4) is 0 Å². The van der Waals surface area contributed by atoms with E-state index in [-0.39, 0.29) is 5.91 Å². The van der Waals surface area contributed by atoms with E-state index < -0.39 is 0 Å². The highest BCUT2D eigenvalue weighted by Gasteiger charge is 2.12. The fraction of sp³-hybridized carbons (Fsp3) is 0.438. The van der Waals surface area contributed by atoms with Gasteiger partial charge in [0.25, 0.3) is 0 Å². The smallest absolute Gasteiger partial charge is 0.246 e. The van der Waals surface area contributed by atoms with E-state index in [2.05, 4.69) is 0 Å². The van der Waals surface area contributed by atoms with Crippen LogP contribution in [-0.4, -0.2) is 45.2 Å². The lowest BCUT2D eigenvalue weighted by molar-refractivity contribution is -0.125. The number of hydrogen-bond acceptors (Lipinski definition) is 4. The molecular weight excluding hydrogens is 270 g/mol. The number of amides is 1. The van der Waals surface area contributed by atoms with Crippen molar-refractivity contribution < 1.29 is 19.0 Å². The van der Waals surface area contributed by atoms with Crippen molar-refractivity contribution in [3.05, 3.63) is 23.8 Å². The number of nitrogens with zero attached hydrogens (tertiary/aromatic N) is 1. The Morgan fingerprint density at radius 3 is 1.95 bits per heavy atom. The molecule has 0 aliphatic rings. The zero-order valence-electron chi connectivity index (χ0n) is 13.3. The summed E-state index contributed by atoms with van der Waals surface area (Å²) in [5.41, 5.74) is 0.810. The van der Waals surface area contributed by atoms with Crippen molar-refractivity contribution >= 4 is 12.0 Å². The van der Waals surface area contributed by atoms with E-state index in [0.717, 1.165) is 5.56 Å². The molecule has 5 nitrogen and oxygen atoms in total. The summed E-state index contributed by atoms with van der Waals surface area (Å²) in [5, 5.41) is 0. The SMILES string of the molecule is CCN(CC)C(=O)C=Cc1cc(OC)c(OC)c(OC)c1. The zero-order chi connectivity index (χ0) is 15.8. The van der Waals surface area contributed by atoms with Crippen LogP contribution in [0.4, 0.5) is 0 Å². The summed E-state index contributed by atoms with van der Waals surface area (Å²) >= 11 is 0. The molecule has 0 atom stereocenters. The molecule has 0 N–H and O–H groups in total. The van der Waals surface area contributed by atoms with Gasteiger partial charge in [0.05, 0.1) is 21.3 Å². The summed E-state index contributed by atoms with van der Waals surface area (Å²) in [6, 6.07) is 3.60. The summed E-state index contributed by atoms with van der Waals surface area (Å²) in [6.45, 7) is 5.28. The zero-order valence-corrected chi connectivity index (χ0v) is 13.3. The van der Waals surface area contributed by atoms with Crippen LogP contribution in [-0.2, 0) is 4.79 Å². The number of likely N-dealkylation sites (N-methyl/N-ethyl adjacent to an activating group) is 1. The maximum absolute atomic E-state index is 12.0. The second-order valence-electron chi connectivity index (χ2n) is 4.30. The molecule has 1 rings (SSSR count). The molecule has 21 heavy (non-hydrogen) atoms. The molecule has 0 aliphatic heterocycles. The van der Waals surface area contributed by atoms with Gasteiger partial charge in [0.1, 0.15) is 0 Å². The number of ether oxygens (including phenoxy) is 3. The lowest BCUT2D eigenvalue weighted by Crippen LogP contribution is -2.28. The maximum Gasteiger partial charge on any atom is 0.246 e. The molecule has 0 unspecified atom stereocenters. The quantitative estimate of drug-likeness (QED) is 0.725. The van der Waals surface area contributed by atoms with Crippen molar-refractivity contribution in [1.82, 2.24) is 4.90 Å². The Morgan fingerprint density at radius 1 is 1.05 bits per heavy atom. The largest absolute Gasteiger partial charge is 0.493 e. The second-order valence-corrected chi connectivity index (χ2v) is 4.30. The van der Waals surface area contributed by atoms with E-state index in [1.165, 1.54) is 0 Å². The van der Waals surface area contributed by atoms with Gasteiger partial charge in [-0.1, -0.05) is 0 Å². The Hall–Kier alpha value is -2.17. The van der Waals surface area contributed by atoms with Gasteiger partial charge < -0.3 is 19.1 Å². The highest BCUT2D eigenvalue weighted by molar-refractivity contribution is 5.92. The molecule has 0 aliphatic carbocycles. The average Bonchev–Trinajstić information content (AvgIpc) is 2.52. The van der Waals surface area contributed by atoms with Gasteiger partial charge >= 0.3 is 0 Å². The molecule has 0 aromatic heterocycles. The Balaban J connectivity index is 3.06. The normalized spacial score (nSPS) is 10.5. The lowest BCUT2D eigenvalue weighted by atomic mass is 10.1. The first-order valence-electron chi connectivity index (χ1n) is 6.88. The first kappa shape index (κ1) is 16.9. The van der Waals surface area contributed by atoms with Crippen LogP contribution in [0.2, 0.25) is 0 Å². The molecule has 0 fully saturated rings. The van der Waals surface area contributed by atoms with Crippen LogP contribution >= 0.6 is 0 Å². The Kier molecular flexibility index (Phi) is 6.59. The van der Waals surface area contributed by atoms with Gasteiger partial charge in [0, 0.05) is 19.2 Å². The van der Waals surface area contributed by atoms with Crippen molar-refractivity contribution in [1.29, 1.82) is 0 Å². The number of carbonyl (C=O) groups is 1. The van der Waals surface area contributed by atoms with Gasteiger partial charge in [0.2, 0.25) is 11.7 Å². The van der Waals surface area contributed by atoms with Crippen molar-refractivity contribution in [2.45, 2.75) is 13.8 Å². The Labute approximate surface area is 126 Å². The minimum absolute atomic E-state index is 0.0197. The van der Waals surface area contributed by atoms with Crippen LogP contribution in [0.25, 0.3) is 6.08 Å². The summed E-state index contributed by atoms with van der Waals surface area (Å²) in [7, 11) is 4.68. The van der Waals surface area contributed by atoms with Crippen LogP contribution in [0.15, 0.2) is 18.2 Å². The van der Waals surface area contributed by atoms with E-state index in [4.69, 9.17) is 14.2 Å². The Bertz CT molecular complexity index is 482. The molecule has 0 heterocycles. The summed E-state index contributed by atoms with van der Waals surface area (Å²) in [6.07, 6.45) is 3.29. The van der Waals surface area contributed by atoms with Gasteiger partial charge in [-0.3, -0.25) is 4.79 Å². The third-order valence-corrected chi connectivity index (χ3v) is 3.18. The molecule has 1 amide bonds. The van der Waals surface area contributed by atoms with E-state index in [1.807, 2.05) is 13.8 Å². The first-order chi connectivity index (χ1) is 10.1. The van der Waals surface area contributed by atoms with Crippen molar-refractivity contribution in [2.75, 3.05) is 34.4 Å². The van der Waals surface area contributed by atoms with Crippen LogP contribution in [0, 0.1) is 0 Å². The van der Waals surface area contributed by atoms with E-state index in [1.54, 1.807) is 50.5 Å². The molecule has 5 heteroatoms. The molecule has 0 radical (unpaired) electrons. The predicted octanol–water partition coefficient (Wildman–Crippen LogP) is 2.59. The Morgan fingerprint density at radius 2 is 1.57 bits per heavy atom. The highest BCUT2D eigenvalue weighted by atomic mass is 16.5. The fourth-order valence-electron chi connectivity index (χ4n) is 2.01. The molecule has 1 aromatic carbocycles. The van der Waals surface area contributed by atoms with Crippen LogP contribution < -0.4 is 14.2 Å². The van der Waals surface area contributed by atoms with Gasteiger partial charge in [0.15, 0.2) is 11.5 Å². The van der Waals surface area contributed by atoms with Crippen molar-refractivity contribution in [3.63, 3.8) is 0 Å². The summed E-state index contributed by atoms with van der Waals surface area (Å²) in [4.78, 5) is 13.7. The van der Waals surface area contributed by atoms with Gasteiger partial charge in [-0.2, -0.15) is 0 Å². The molecule has 0 spiro atoms. The van der Waals surface area contributed by atoms with Gasteiger partial charge in [-0.15, -0.1) is 0 Å². The van der Waals surface area contributed by atoms with Crippen LogP contribution in [0.1, 0.15) is 19.4 Å². The molecule has 0 bridgehead atoms. The first-order valence-corrected chi connectivity index (χ1v) is 6.88. The average molecular weight is 293 g/mol. The van der Waals surface area contributed by atoms with E-state index in [0.29, 0.717) is 30.3 Å². The molecule has 116 valence electrons. The minimum Gasteiger partial charge on any atom is -0.493 e. The topological polar surface area (TPSA) is 48.0 Å². The van der Waals surface area contributed by atoms with Crippen molar-refractivity contribution in [3.8, 4) is 17.2 Å².